The van der Waals surface area contributed by atoms with Gasteiger partial charge >= 0.3 is 0 Å². The molecule has 2 aromatic heterocycles. The Morgan fingerprint density at radius 3 is 2.73 bits per heavy atom. The maximum atomic E-state index is 11.8. The van der Waals surface area contributed by atoms with Crippen molar-refractivity contribution in [1.82, 2.24) is 14.7 Å². The summed E-state index contributed by atoms with van der Waals surface area (Å²) in [5.41, 5.74) is 2.84. The van der Waals surface area contributed by atoms with Gasteiger partial charge in [-0.1, -0.05) is 24.3 Å². The molecule has 0 bridgehead atoms. The number of aromatic nitrogens is 2. The minimum Gasteiger partial charge on any atom is -0.376 e. The fourth-order valence-corrected chi connectivity index (χ4v) is 2.24. The molecule has 3 rings (SSSR count). The molecule has 0 atom stereocenters. The van der Waals surface area contributed by atoms with Crippen molar-refractivity contribution in [3.8, 4) is 0 Å². The Hall–Kier alpha value is -2.82. The molecule has 1 aromatic carbocycles. The van der Waals surface area contributed by atoms with Crippen LogP contribution in [0.2, 0.25) is 0 Å². The van der Waals surface area contributed by atoms with E-state index in [1.54, 1.807) is 0 Å². The second-order valence-electron chi connectivity index (χ2n) is 5.02. The standard InChI is InChI=1S/C17H18N4O/c22-17(12-19-14-6-2-1-3-7-14)18-10-9-15-13-21-11-5-4-8-16(21)20-15/h1-8,11,13,19H,9-10,12H2,(H,18,22). The Morgan fingerprint density at radius 2 is 1.91 bits per heavy atom. The molecule has 112 valence electrons. The van der Waals surface area contributed by atoms with E-state index in [9.17, 15) is 4.79 Å². The number of fused-ring (bicyclic) bond motifs is 1. The molecule has 2 heterocycles. The fourth-order valence-electron chi connectivity index (χ4n) is 2.24. The molecule has 0 fully saturated rings. The van der Waals surface area contributed by atoms with Crippen LogP contribution in [-0.4, -0.2) is 28.4 Å². The van der Waals surface area contributed by atoms with E-state index < -0.39 is 0 Å². The number of benzene rings is 1. The SMILES string of the molecule is O=C(CNc1ccccc1)NCCc1cn2ccccc2n1. The molecule has 0 unspecified atom stereocenters. The van der Waals surface area contributed by atoms with Gasteiger partial charge in [0.05, 0.1) is 12.2 Å². The average Bonchev–Trinajstić information content (AvgIpc) is 2.96. The first kappa shape index (κ1) is 14.1. The van der Waals surface area contributed by atoms with Crippen molar-refractivity contribution in [3.63, 3.8) is 0 Å². The lowest BCUT2D eigenvalue weighted by Crippen LogP contribution is -2.31. The van der Waals surface area contributed by atoms with Gasteiger partial charge in [0, 0.05) is 31.0 Å². The van der Waals surface area contributed by atoms with Gasteiger partial charge in [-0.15, -0.1) is 0 Å². The molecule has 0 saturated heterocycles. The minimum absolute atomic E-state index is 0.0207. The summed E-state index contributed by atoms with van der Waals surface area (Å²) in [4.78, 5) is 16.3. The first-order chi connectivity index (χ1) is 10.8. The van der Waals surface area contributed by atoms with Crippen molar-refractivity contribution in [3.05, 3.63) is 66.6 Å². The number of nitrogens with one attached hydrogen (secondary N) is 2. The zero-order chi connectivity index (χ0) is 15.2. The number of anilines is 1. The molecule has 2 N–H and O–H groups in total. The van der Waals surface area contributed by atoms with Crippen LogP contribution in [0, 0.1) is 0 Å². The van der Waals surface area contributed by atoms with E-state index in [1.165, 1.54) is 0 Å². The molecule has 5 nitrogen and oxygen atoms in total. The Morgan fingerprint density at radius 1 is 1.09 bits per heavy atom. The van der Waals surface area contributed by atoms with Crippen LogP contribution in [0.5, 0.6) is 0 Å². The van der Waals surface area contributed by atoms with Crippen molar-refractivity contribution in [2.75, 3.05) is 18.4 Å². The third-order valence-electron chi connectivity index (χ3n) is 3.34. The van der Waals surface area contributed by atoms with E-state index in [0.717, 1.165) is 23.4 Å². The van der Waals surface area contributed by atoms with Crippen LogP contribution in [0.3, 0.4) is 0 Å². The predicted octanol–water partition coefficient (Wildman–Crippen LogP) is 2.11. The molecular weight excluding hydrogens is 276 g/mol. The first-order valence-electron chi connectivity index (χ1n) is 7.29. The third kappa shape index (κ3) is 3.63. The largest absolute Gasteiger partial charge is 0.376 e. The molecule has 0 radical (unpaired) electrons. The Labute approximate surface area is 129 Å². The molecule has 22 heavy (non-hydrogen) atoms. The van der Waals surface area contributed by atoms with Crippen LogP contribution >= 0.6 is 0 Å². The molecule has 3 aromatic rings. The normalized spacial score (nSPS) is 10.5. The van der Waals surface area contributed by atoms with Gasteiger partial charge in [-0.25, -0.2) is 4.98 Å². The quantitative estimate of drug-likeness (QED) is 0.732. The second-order valence-corrected chi connectivity index (χ2v) is 5.02. The van der Waals surface area contributed by atoms with E-state index in [0.29, 0.717) is 6.54 Å². The summed E-state index contributed by atoms with van der Waals surface area (Å²) in [6.45, 7) is 0.856. The Balaban J connectivity index is 1.43. The number of amides is 1. The highest BCUT2D eigenvalue weighted by Gasteiger charge is 2.03. The van der Waals surface area contributed by atoms with E-state index in [1.807, 2.05) is 65.3 Å². The molecule has 0 aliphatic rings. The third-order valence-corrected chi connectivity index (χ3v) is 3.34. The number of nitrogens with zero attached hydrogens (tertiary/aromatic N) is 2. The zero-order valence-corrected chi connectivity index (χ0v) is 12.2. The summed E-state index contributed by atoms with van der Waals surface area (Å²) >= 11 is 0. The summed E-state index contributed by atoms with van der Waals surface area (Å²) in [5, 5.41) is 5.98. The van der Waals surface area contributed by atoms with Crippen LogP contribution in [0.4, 0.5) is 5.69 Å². The van der Waals surface area contributed by atoms with Crippen molar-refractivity contribution < 1.29 is 4.79 Å². The summed E-state index contributed by atoms with van der Waals surface area (Å²) < 4.78 is 1.98. The van der Waals surface area contributed by atoms with E-state index in [-0.39, 0.29) is 12.5 Å². The number of para-hydroxylation sites is 1. The number of pyridine rings is 1. The number of carbonyl (C=O) groups excluding carboxylic acids is 1. The Bertz CT molecular complexity index is 718. The van der Waals surface area contributed by atoms with Crippen LogP contribution in [0.1, 0.15) is 5.69 Å². The fraction of sp³-hybridized carbons (Fsp3) is 0.176. The van der Waals surface area contributed by atoms with Gasteiger partial charge in [0.2, 0.25) is 5.91 Å². The topological polar surface area (TPSA) is 58.4 Å². The lowest BCUT2D eigenvalue weighted by atomic mass is 10.3. The predicted molar refractivity (Wildman–Crippen MR) is 86.8 cm³/mol. The van der Waals surface area contributed by atoms with Gasteiger partial charge in [-0.3, -0.25) is 4.79 Å². The summed E-state index contributed by atoms with van der Waals surface area (Å²) in [7, 11) is 0. The van der Waals surface area contributed by atoms with E-state index in [4.69, 9.17) is 0 Å². The van der Waals surface area contributed by atoms with Crippen molar-refractivity contribution in [1.29, 1.82) is 0 Å². The average molecular weight is 294 g/mol. The highest BCUT2D eigenvalue weighted by atomic mass is 16.1. The summed E-state index contributed by atoms with van der Waals surface area (Å²) in [6, 6.07) is 15.6. The maximum absolute atomic E-state index is 11.8. The lowest BCUT2D eigenvalue weighted by Gasteiger charge is -2.06. The Kier molecular flexibility index (Phi) is 4.34. The van der Waals surface area contributed by atoms with Crippen molar-refractivity contribution >= 4 is 17.2 Å². The van der Waals surface area contributed by atoms with Crippen molar-refractivity contribution in [2.45, 2.75) is 6.42 Å². The molecule has 0 aliphatic carbocycles. The minimum atomic E-state index is -0.0207. The van der Waals surface area contributed by atoms with Gasteiger partial charge in [-0.2, -0.15) is 0 Å². The highest BCUT2D eigenvalue weighted by Crippen LogP contribution is 2.05. The van der Waals surface area contributed by atoms with Gasteiger partial charge < -0.3 is 15.0 Å². The summed E-state index contributed by atoms with van der Waals surface area (Å²) in [5.74, 6) is -0.0207. The number of hydrogen-bond donors (Lipinski definition) is 2. The van der Waals surface area contributed by atoms with Crippen LogP contribution < -0.4 is 10.6 Å². The van der Waals surface area contributed by atoms with Gasteiger partial charge in [0.15, 0.2) is 0 Å². The second kappa shape index (κ2) is 6.76. The van der Waals surface area contributed by atoms with E-state index >= 15 is 0 Å². The zero-order valence-electron chi connectivity index (χ0n) is 12.2. The molecule has 0 saturated carbocycles. The molecule has 0 aliphatic heterocycles. The van der Waals surface area contributed by atoms with Crippen molar-refractivity contribution in [2.24, 2.45) is 0 Å². The number of rotatable bonds is 6. The van der Waals surface area contributed by atoms with Gasteiger partial charge in [0.1, 0.15) is 5.65 Å². The molecule has 5 heteroatoms. The molecule has 0 spiro atoms. The first-order valence-corrected chi connectivity index (χ1v) is 7.29. The maximum Gasteiger partial charge on any atom is 0.239 e. The van der Waals surface area contributed by atoms with Gasteiger partial charge in [0.25, 0.3) is 0 Å². The lowest BCUT2D eigenvalue weighted by molar-refractivity contribution is -0.119. The van der Waals surface area contributed by atoms with Crippen LogP contribution in [0.25, 0.3) is 5.65 Å². The smallest absolute Gasteiger partial charge is 0.239 e. The van der Waals surface area contributed by atoms with Crippen LogP contribution in [0.15, 0.2) is 60.9 Å². The number of imidazole rings is 1. The monoisotopic (exact) mass is 294 g/mol. The van der Waals surface area contributed by atoms with Crippen LogP contribution in [-0.2, 0) is 11.2 Å². The molecule has 1 amide bonds. The van der Waals surface area contributed by atoms with E-state index in [2.05, 4.69) is 15.6 Å². The molecular formula is C17H18N4O. The highest BCUT2D eigenvalue weighted by molar-refractivity contribution is 5.80. The number of carbonyl (C=O) groups is 1. The van der Waals surface area contributed by atoms with Gasteiger partial charge in [-0.05, 0) is 24.3 Å². The summed E-state index contributed by atoms with van der Waals surface area (Å²) in [6.07, 6.45) is 4.68. The number of hydrogen-bond acceptors (Lipinski definition) is 3.